The summed E-state index contributed by atoms with van der Waals surface area (Å²) in [4.78, 5) is 0. The maximum absolute atomic E-state index is 4.59. The fourth-order valence-electron chi connectivity index (χ4n) is 1.70. The third-order valence-electron chi connectivity index (χ3n) is 2.53. The van der Waals surface area contributed by atoms with Crippen LogP contribution in [0.1, 0.15) is 18.9 Å². The van der Waals surface area contributed by atoms with E-state index in [2.05, 4.69) is 66.5 Å². The predicted octanol–water partition coefficient (Wildman–Crippen LogP) is 3.74. The molecule has 1 fully saturated rings. The normalized spacial score (nSPS) is 16.4. The Balaban J connectivity index is 2.37. The average molecular weight is 363 g/mol. The van der Waals surface area contributed by atoms with Crippen LogP contribution in [0.3, 0.4) is 0 Å². The summed E-state index contributed by atoms with van der Waals surface area (Å²) >= 11 is 5.88. The second kappa shape index (κ2) is 3.20. The van der Waals surface area contributed by atoms with Crippen molar-refractivity contribution in [1.82, 2.24) is 9.78 Å². The van der Waals surface area contributed by atoms with E-state index >= 15 is 0 Å². The van der Waals surface area contributed by atoms with Crippen molar-refractivity contribution in [1.29, 1.82) is 0 Å². The van der Waals surface area contributed by atoms with Crippen molar-refractivity contribution < 1.29 is 0 Å². The first-order valence-corrected chi connectivity index (χ1v) is 6.47. The van der Waals surface area contributed by atoms with Gasteiger partial charge in [-0.2, -0.15) is 5.10 Å². The SMILES string of the molecule is Brc1cccc2c1c(I)nn2C1CC1. The largest absolute Gasteiger partial charge is 0.261 e. The molecule has 1 aromatic carbocycles. The van der Waals surface area contributed by atoms with Gasteiger partial charge in [0.25, 0.3) is 0 Å². The van der Waals surface area contributed by atoms with E-state index in [4.69, 9.17) is 0 Å². The lowest BCUT2D eigenvalue weighted by molar-refractivity contribution is 0.660. The van der Waals surface area contributed by atoms with Crippen LogP contribution >= 0.6 is 38.5 Å². The molecule has 4 heteroatoms. The standard InChI is InChI=1S/C10H8BrIN2/c11-7-2-1-3-8-9(7)10(12)13-14(8)6-4-5-6/h1-3,6H,4-5H2. The average Bonchev–Trinajstić information content (AvgIpc) is 2.93. The van der Waals surface area contributed by atoms with Gasteiger partial charge < -0.3 is 0 Å². The van der Waals surface area contributed by atoms with Crippen molar-refractivity contribution in [2.75, 3.05) is 0 Å². The molecule has 2 aromatic rings. The molecular weight excluding hydrogens is 355 g/mol. The molecule has 1 saturated carbocycles. The Morgan fingerprint density at radius 2 is 2.21 bits per heavy atom. The highest BCUT2D eigenvalue weighted by atomic mass is 127. The van der Waals surface area contributed by atoms with E-state index in [0.717, 1.165) is 8.17 Å². The third-order valence-corrected chi connectivity index (χ3v) is 3.95. The molecule has 3 rings (SSSR count). The van der Waals surface area contributed by atoms with E-state index in [9.17, 15) is 0 Å². The van der Waals surface area contributed by atoms with Gasteiger partial charge in [0.15, 0.2) is 0 Å². The topological polar surface area (TPSA) is 17.8 Å². The Morgan fingerprint density at radius 1 is 1.43 bits per heavy atom. The van der Waals surface area contributed by atoms with Crippen LogP contribution in [-0.4, -0.2) is 9.78 Å². The van der Waals surface area contributed by atoms with Gasteiger partial charge in [-0.25, -0.2) is 0 Å². The van der Waals surface area contributed by atoms with Gasteiger partial charge in [-0.3, -0.25) is 4.68 Å². The number of fused-ring (bicyclic) bond motifs is 1. The summed E-state index contributed by atoms with van der Waals surface area (Å²) in [6, 6.07) is 6.94. The van der Waals surface area contributed by atoms with E-state index in [-0.39, 0.29) is 0 Å². The lowest BCUT2D eigenvalue weighted by atomic mass is 10.2. The zero-order valence-electron chi connectivity index (χ0n) is 7.37. The van der Waals surface area contributed by atoms with Gasteiger partial charge in [-0.05, 0) is 63.5 Å². The summed E-state index contributed by atoms with van der Waals surface area (Å²) in [5.74, 6) is 0. The highest BCUT2D eigenvalue weighted by molar-refractivity contribution is 14.1. The van der Waals surface area contributed by atoms with Gasteiger partial charge in [0.2, 0.25) is 0 Å². The van der Waals surface area contributed by atoms with Gasteiger partial charge >= 0.3 is 0 Å². The van der Waals surface area contributed by atoms with Gasteiger partial charge in [0, 0.05) is 9.86 Å². The molecule has 1 heterocycles. The van der Waals surface area contributed by atoms with Crippen molar-refractivity contribution >= 4 is 49.4 Å². The molecule has 2 nitrogen and oxygen atoms in total. The Kier molecular flexibility index (Phi) is 2.09. The minimum atomic E-state index is 0.648. The summed E-state index contributed by atoms with van der Waals surface area (Å²) in [7, 11) is 0. The predicted molar refractivity (Wildman–Crippen MR) is 68.4 cm³/mol. The molecule has 0 N–H and O–H groups in total. The minimum absolute atomic E-state index is 0.648. The molecule has 0 radical (unpaired) electrons. The highest BCUT2D eigenvalue weighted by Gasteiger charge is 2.27. The summed E-state index contributed by atoms with van der Waals surface area (Å²) in [6.07, 6.45) is 2.55. The Hall–Kier alpha value is -0.100. The van der Waals surface area contributed by atoms with Crippen molar-refractivity contribution in [3.05, 3.63) is 26.4 Å². The van der Waals surface area contributed by atoms with Crippen LogP contribution in [0.5, 0.6) is 0 Å². The molecule has 14 heavy (non-hydrogen) atoms. The maximum Gasteiger partial charge on any atom is 0.132 e. The fourth-order valence-corrected chi connectivity index (χ4v) is 3.42. The van der Waals surface area contributed by atoms with E-state index in [1.807, 2.05) is 0 Å². The monoisotopic (exact) mass is 362 g/mol. The Bertz CT molecular complexity index is 502. The Labute approximate surface area is 104 Å². The number of aromatic nitrogens is 2. The molecule has 0 bridgehead atoms. The molecule has 1 aliphatic rings. The smallest absolute Gasteiger partial charge is 0.132 e. The van der Waals surface area contributed by atoms with Crippen LogP contribution in [0.4, 0.5) is 0 Å². The number of nitrogens with zero attached hydrogens (tertiary/aromatic N) is 2. The summed E-state index contributed by atoms with van der Waals surface area (Å²) in [6.45, 7) is 0. The maximum atomic E-state index is 4.59. The fraction of sp³-hybridized carbons (Fsp3) is 0.300. The van der Waals surface area contributed by atoms with Crippen LogP contribution < -0.4 is 0 Å². The van der Waals surface area contributed by atoms with Gasteiger partial charge in [0.05, 0.1) is 11.6 Å². The van der Waals surface area contributed by atoms with Crippen molar-refractivity contribution in [2.45, 2.75) is 18.9 Å². The van der Waals surface area contributed by atoms with Crippen LogP contribution in [0.15, 0.2) is 22.7 Å². The molecule has 72 valence electrons. The molecule has 0 saturated heterocycles. The second-order valence-electron chi connectivity index (χ2n) is 3.60. The summed E-state index contributed by atoms with van der Waals surface area (Å²) < 4.78 is 4.41. The van der Waals surface area contributed by atoms with E-state index in [1.165, 1.54) is 23.7 Å². The molecule has 0 aliphatic heterocycles. The van der Waals surface area contributed by atoms with E-state index in [0.29, 0.717) is 6.04 Å². The highest BCUT2D eigenvalue weighted by Crippen LogP contribution is 2.39. The first-order chi connectivity index (χ1) is 6.77. The molecule has 0 unspecified atom stereocenters. The van der Waals surface area contributed by atoms with Crippen LogP contribution in [0.2, 0.25) is 0 Å². The van der Waals surface area contributed by atoms with Gasteiger partial charge in [-0.15, -0.1) is 0 Å². The van der Waals surface area contributed by atoms with E-state index in [1.54, 1.807) is 0 Å². The number of halogens is 2. The number of hydrogen-bond donors (Lipinski definition) is 0. The van der Waals surface area contributed by atoms with E-state index < -0.39 is 0 Å². The first-order valence-electron chi connectivity index (χ1n) is 4.59. The zero-order chi connectivity index (χ0) is 9.71. The lowest BCUT2D eigenvalue weighted by Crippen LogP contribution is -1.95. The first kappa shape index (κ1) is 9.15. The lowest BCUT2D eigenvalue weighted by Gasteiger charge is -1.99. The second-order valence-corrected chi connectivity index (χ2v) is 5.48. The zero-order valence-corrected chi connectivity index (χ0v) is 11.1. The minimum Gasteiger partial charge on any atom is -0.261 e. The van der Waals surface area contributed by atoms with Crippen LogP contribution in [-0.2, 0) is 0 Å². The third kappa shape index (κ3) is 1.31. The summed E-state index contributed by atoms with van der Waals surface area (Å²) in [5.41, 5.74) is 1.26. The number of benzene rings is 1. The van der Waals surface area contributed by atoms with Crippen LogP contribution in [0.25, 0.3) is 10.9 Å². The Morgan fingerprint density at radius 3 is 2.93 bits per heavy atom. The van der Waals surface area contributed by atoms with Crippen LogP contribution in [0, 0.1) is 3.70 Å². The van der Waals surface area contributed by atoms with Crippen molar-refractivity contribution in [3.8, 4) is 0 Å². The van der Waals surface area contributed by atoms with Crippen molar-refractivity contribution in [2.24, 2.45) is 0 Å². The van der Waals surface area contributed by atoms with Gasteiger partial charge in [0.1, 0.15) is 3.70 Å². The molecule has 0 spiro atoms. The van der Waals surface area contributed by atoms with Crippen molar-refractivity contribution in [3.63, 3.8) is 0 Å². The number of hydrogen-bond acceptors (Lipinski definition) is 1. The van der Waals surface area contributed by atoms with Gasteiger partial charge in [-0.1, -0.05) is 6.07 Å². The summed E-state index contributed by atoms with van der Waals surface area (Å²) in [5, 5.41) is 5.84. The molecule has 0 atom stereocenters. The molecule has 0 amide bonds. The number of rotatable bonds is 1. The molecule has 1 aliphatic carbocycles. The quantitative estimate of drug-likeness (QED) is 0.706. The molecule has 1 aromatic heterocycles. The molecular formula is C10H8BrIN2.